The number of halogens is 1. The van der Waals surface area contributed by atoms with Gasteiger partial charge in [-0.15, -0.1) is 0 Å². The predicted octanol–water partition coefficient (Wildman–Crippen LogP) is 4.14. The first-order valence-electron chi connectivity index (χ1n) is 10.7. The van der Waals surface area contributed by atoms with Crippen LogP contribution in [0, 0.1) is 11.3 Å². The topological polar surface area (TPSA) is 121 Å². The Morgan fingerprint density at radius 2 is 2.03 bits per heavy atom. The van der Waals surface area contributed by atoms with Crippen LogP contribution in [0.5, 0.6) is 0 Å². The summed E-state index contributed by atoms with van der Waals surface area (Å²) in [6, 6.07) is 9.99. The molecule has 0 aliphatic carbocycles. The van der Waals surface area contributed by atoms with E-state index >= 15 is 0 Å². The molecule has 0 fully saturated rings. The molecule has 0 spiro atoms. The average Bonchev–Trinajstić information content (AvgIpc) is 3.29. The van der Waals surface area contributed by atoms with Gasteiger partial charge in [0.15, 0.2) is 0 Å². The van der Waals surface area contributed by atoms with Crippen LogP contribution in [-0.2, 0) is 14.3 Å². The highest BCUT2D eigenvalue weighted by molar-refractivity contribution is 6.33. The average molecular weight is 483 g/mol. The summed E-state index contributed by atoms with van der Waals surface area (Å²) in [4.78, 5) is 38.7. The van der Waals surface area contributed by atoms with Crippen LogP contribution in [0.3, 0.4) is 0 Å². The number of nitriles is 1. The highest BCUT2D eigenvalue weighted by Gasteiger charge is 2.35. The number of esters is 1. The number of aliphatic hydroxyl groups is 1. The Morgan fingerprint density at radius 1 is 1.26 bits per heavy atom. The van der Waals surface area contributed by atoms with Crippen LogP contribution in [0.15, 0.2) is 51.5 Å². The van der Waals surface area contributed by atoms with E-state index in [1.807, 2.05) is 13.0 Å². The minimum atomic E-state index is -0.681. The second-order valence-corrected chi connectivity index (χ2v) is 7.95. The number of aliphatic hydroxyl groups excluding tert-OH is 1. The zero-order chi connectivity index (χ0) is 24.8. The van der Waals surface area contributed by atoms with E-state index in [9.17, 15) is 19.6 Å². The molecule has 2 aromatic rings. The Labute approximate surface area is 201 Å². The van der Waals surface area contributed by atoms with Gasteiger partial charge in [-0.1, -0.05) is 18.5 Å². The molecule has 0 saturated heterocycles. The second-order valence-electron chi connectivity index (χ2n) is 7.54. The first-order valence-corrected chi connectivity index (χ1v) is 11.1. The Bertz CT molecular complexity index is 1230. The maximum atomic E-state index is 12.9. The summed E-state index contributed by atoms with van der Waals surface area (Å²) in [5, 5.41) is 18.8. The molecule has 1 aromatic carbocycles. The molecule has 34 heavy (non-hydrogen) atoms. The lowest BCUT2D eigenvalue weighted by Crippen LogP contribution is -2.43. The molecule has 2 heterocycles. The summed E-state index contributed by atoms with van der Waals surface area (Å²) < 4.78 is 11.0. The number of carbonyl (C=O) groups is 3. The maximum absolute atomic E-state index is 12.9. The number of hydrogen-bond acceptors (Lipinski definition) is 7. The van der Waals surface area contributed by atoms with Gasteiger partial charge >= 0.3 is 5.97 Å². The summed E-state index contributed by atoms with van der Waals surface area (Å²) in [5.74, 6) is -1.05. The number of benzene rings is 1. The minimum Gasteiger partial charge on any atom is -0.462 e. The largest absolute Gasteiger partial charge is 0.462 e. The van der Waals surface area contributed by atoms with Gasteiger partial charge < -0.3 is 14.3 Å². The smallest absolute Gasteiger partial charge is 0.339 e. The lowest BCUT2D eigenvalue weighted by atomic mass is 9.94. The van der Waals surface area contributed by atoms with Gasteiger partial charge in [0, 0.05) is 24.3 Å². The van der Waals surface area contributed by atoms with Crippen LogP contribution in [0.25, 0.3) is 17.4 Å². The van der Waals surface area contributed by atoms with Crippen LogP contribution in [0.1, 0.15) is 42.8 Å². The molecule has 0 radical (unpaired) electrons. The fourth-order valence-corrected chi connectivity index (χ4v) is 3.59. The molecule has 1 aromatic heterocycles. The van der Waals surface area contributed by atoms with Gasteiger partial charge in [0.05, 0.1) is 17.2 Å². The van der Waals surface area contributed by atoms with Crippen molar-refractivity contribution in [2.75, 3.05) is 19.8 Å². The molecule has 1 N–H and O–H groups in total. The first kappa shape index (κ1) is 25.0. The number of rotatable bonds is 8. The van der Waals surface area contributed by atoms with Crippen molar-refractivity contribution >= 4 is 35.5 Å². The third kappa shape index (κ3) is 5.11. The zero-order valence-corrected chi connectivity index (χ0v) is 19.5. The van der Waals surface area contributed by atoms with Crippen LogP contribution in [0.2, 0.25) is 5.02 Å². The van der Waals surface area contributed by atoms with Crippen molar-refractivity contribution < 1.29 is 28.6 Å². The van der Waals surface area contributed by atoms with E-state index in [4.69, 9.17) is 25.9 Å². The van der Waals surface area contributed by atoms with Gasteiger partial charge in [0.1, 0.15) is 23.2 Å². The van der Waals surface area contributed by atoms with Crippen molar-refractivity contribution in [1.82, 2.24) is 4.90 Å². The highest BCUT2D eigenvalue weighted by Crippen LogP contribution is 2.31. The SMILES string of the molecule is CCCOC(=O)c1cc(-c2ccc(/C=C3\C(=O)N(CCCO)C(=O)C(C#N)=C3C)o2)ccc1Cl. The summed E-state index contributed by atoms with van der Waals surface area (Å²) >= 11 is 6.15. The summed E-state index contributed by atoms with van der Waals surface area (Å²) in [6.45, 7) is 3.49. The number of nitrogens with zero attached hydrogens (tertiary/aromatic N) is 2. The van der Waals surface area contributed by atoms with E-state index < -0.39 is 17.8 Å². The third-order valence-electron chi connectivity index (χ3n) is 5.19. The maximum Gasteiger partial charge on any atom is 0.339 e. The van der Waals surface area contributed by atoms with Crippen molar-refractivity contribution in [2.24, 2.45) is 0 Å². The monoisotopic (exact) mass is 482 g/mol. The molecule has 8 nitrogen and oxygen atoms in total. The van der Waals surface area contributed by atoms with Gasteiger partial charge in [-0.2, -0.15) is 5.26 Å². The van der Waals surface area contributed by atoms with Crippen molar-refractivity contribution in [3.8, 4) is 17.4 Å². The molecule has 9 heteroatoms. The van der Waals surface area contributed by atoms with Gasteiger partial charge in [-0.3, -0.25) is 14.5 Å². The summed E-state index contributed by atoms with van der Waals surface area (Å²) in [6.07, 6.45) is 2.35. The van der Waals surface area contributed by atoms with Crippen LogP contribution in [0.4, 0.5) is 0 Å². The number of carbonyl (C=O) groups excluding carboxylic acids is 3. The molecule has 3 rings (SSSR count). The fraction of sp³-hybridized carbons (Fsp3) is 0.280. The molecule has 1 aliphatic heterocycles. The van der Waals surface area contributed by atoms with E-state index in [-0.39, 0.29) is 53.5 Å². The van der Waals surface area contributed by atoms with Crippen molar-refractivity contribution in [2.45, 2.75) is 26.7 Å². The van der Waals surface area contributed by atoms with Crippen molar-refractivity contribution in [1.29, 1.82) is 5.26 Å². The quantitative estimate of drug-likeness (QED) is 0.341. The molecule has 0 saturated carbocycles. The lowest BCUT2D eigenvalue weighted by molar-refractivity contribution is -0.140. The van der Waals surface area contributed by atoms with E-state index in [0.717, 1.165) is 4.90 Å². The molecular weight excluding hydrogens is 460 g/mol. The molecular formula is C25H23ClN2O6. The Kier molecular flexibility index (Phi) is 8.05. The Hall–Kier alpha value is -3.67. The number of ether oxygens (including phenoxy) is 1. The normalized spacial score (nSPS) is 15.1. The van der Waals surface area contributed by atoms with Gasteiger partial charge in [0.25, 0.3) is 11.8 Å². The molecule has 0 atom stereocenters. The molecule has 0 bridgehead atoms. The van der Waals surface area contributed by atoms with E-state index in [1.165, 1.54) is 13.0 Å². The van der Waals surface area contributed by atoms with Crippen LogP contribution >= 0.6 is 11.6 Å². The Balaban J connectivity index is 1.96. The van der Waals surface area contributed by atoms with Crippen LogP contribution in [-0.4, -0.2) is 47.5 Å². The van der Waals surface area contributed by atoms with Gasteiger partial charge in [-0.05, 0) is 61.7 Å². The zero-order valence-electron chi connectivity index (χ0n) is 18.8. The van der Waals surface area contributed by atoms with E-state index in [0.29, 0.717) is 23.5 Å². The van der Waals surface area contributed by atoms with Gasteiger partial charge in [-0.25, -0.2) is 4.79 Å². The predicted molar refractivity (Wildman–Crippen MR) is 124 cm³/mol. The second kappa shape index (κ2) is 11.0. The number of imide groups is 1. The molecule has 0 unspecified atom stereocenters. The van der Waals surface area contributed by atoms with Crippen molar-refractivity contribution in [3.63, 3.8) is 0 Å². The standard InChI is InChI=1S/C25H23ClN2O6/c1-3-11-33-25(32)19-12-16(5-7-21(19)26)22-8-6-17(34-22)13-18-15(2)20(14-27)24(31)28(23(18)30)9-4-10-29/h5-8,12-13,29H,3-4,9-11H2,1-2H3/b18-13-. The number of hydrogen-bond donors (Lipinski definition) is 1. The first-order chi connectivity index (χ1) is 16.3. The lowest BCUT2D eigenvalue weighted by Gasteiger charge is -2.27. The van der Waals surface area contributed by atoms with Gasteiger partial charge in [0.2, 0.25) is 0 Å². The molecule has 176 valence electrons. The summed E-state index contributed by atoms with van der Waals surface area (Å²) in [7, 11) is 0. The summed E-state index contributed by atoms with van der Waals surface area (Å²) in [5.41, 5.74) is 1.06. The number of amides is 2. The third-order valence-corrected chi connectivity index (χ3v) is 5.52. The highest BCUT2D eigenvalue weighted by atomic mass is 35.5. The molecule has 2 amide bonds. The van der Waals surface area contributed by atoms with E-state index in [1.54, 1.807) is 30.3 Å². The van der Waals surface area contributed by atoms with Crippen LogP contribution < -0.4 is 0 Å². The minimum absolute atomic E-state index is 0.00491. The number of furan rings is 1. The van der Waals surface area contributed by atoms with Crippen molar-refractivity contribution in [3.05, 3.63) is 63.4 Å². The Morgan fingerprint density at radius 3 is 2.71 bits per heavy atom. The van der Waals surface area contributed by atoms with E-state index in [2.05, 4.69) is 0 Å². The fourth-order valence-electron chi connectivity index (χ4n) is 3.40. The molecule has 1 aliphatic rings.